The number of alkyl carbamates (subject to hydrolysis) is 1. The van der Waals surface area contributed by atoms with Gasteiger partial charge in [0.05, 0.1) is 25.8 Å². The molecule has 146 valence electrons. The fraction of sp³-hybridized carbons (Fsp3) is 0.412. The highest BCUT2D eigenvalue weighted by Gasteiger charge is 2.38. The summed E-state index contributed by atoms with van der Waals surface area (Å²) in [6.45, 7) is 1.37. The number of imide groups is 1. The minimum absolute atomic E-state index is 0.0553. The first-order valence-corrected chi connectivity index (χ1v) is 8.37. The van der Waals surface area contributed by atoms with E-state index in [1.807, 2.05) is 5.32 Å². The molecule has 27 heavy (non-hydrogen) atoms. The highest BCUT2D eigenvalue weighted by Crippen LogP contribution is 2.35. The normalized spacial score (nSPS) is 17.3. The lowest BCUT2D eigenvalue weighted by Gasteiger charge is -2.20. The standard InChI is InChI=1S/C17H19ClN2O7/c1-9(15(22)19-17(24)26-3)27-16(23)10-6-14(21)20(8-10)12-7-11(18)4-5-13(12)25-2/h4-5,7,9-10H,6,8H2,1-3H3,(H,19,22,24)/t9-,10+/m0/s1. The SMILES string of the molecule is COC(=O)NC(=O)[C@H](C)OC(=O)[C@@H]1CC(=O)N(c2cc(Cl)ccc2OC)C1. The van der Waals surface area contributed by atoms with Crippen LogP contribution in [-0.2, 0) is 23.9 Å². The average molecular weight is 399 g/mol. The van der Waals surface area contributed by atoms with Gasteiger partial charge in [-0.2, -0.15) is 0 Å². The maximum absolute atomic E-state index is 12.4. The molecule has 1 fully saturated rings. The molecule has 3 amide bonds. The summed E-state index contributed by atoms with van der Waals surface area (Å²) in [6.07, 6.45) is -2.26. The van der Waals surface area contributed by atoms with E-state index < -0.39 is 30.0 Å². The average Bonchev–Trinajstić information content (AvgIpc) is 3.03. The third kappa shape index (κ3) is 4.88. The number of esters is 1. The molecule has 2 atom stereocenters. The van der Waals surface area contributed by atoms with E-state index in [0.717, 1.165) is 7.11 Å². The zero-order chi connectivity index (χ0) is 20.1. The van der Waals surface area contributed by atoms with Gasteiger partial charge in [0.25, 0.3) is 5.91 Å². The molecule has 1 aliphatic rings. The summed E-state index contributed by atoms with van der Waals surface area (Å²) < 4.78 is 14.6. The number of ether oxygens (including phenoxy) is 3. The molecule has 0 saturated carbocycles. The highest BCUT2D eigenvalue weighted by atomic mass is 35.5. The van der Waals surface area contributed by atoms with Gasteiger partial charge < -0.3 is 19.1 Å². The molecule has 0 radical (unpaired) electrons. The van der Waals surface area contributed by atoms with Crippen molar-refractivity contribution in [2.45, 2.75) is 19.4 Å². The Morgan fingerprint density at radius 2 is 2.00 bits per heavy atom. The van der Waals surface area contributed by atoms with E-state index in [1.165, 1.54) is 18.9 Å². The Morgan fingerprint density at radius 1 is 1.30 bits per heavy atom. The van der Waals surface area contributed by atoms with Crippen LogP contribution in [0.25, 0.3) is 0 Å². The Kier molecular flexibility index (Phi) is 6.62. The molecule has 0 aliphatic carbocycles. The predicted octanol–water partition coefficient (Wildman–Crippen LogP) is 1.52. The lowest BCUT2D eigenvalue weighted by Crippen LogP contribution is -2.40. The second-order valence-corrected chi connectivity index (χ2v) is 6.22. The van der Waals surface area contributed by atoms with Crippen LogP contribution in [0.2, 0.25) is 5.02 Å². The number of benzene rings is 1. The Labute approximate surface area is 160 Å². The number of anilines is 1. The van der Waals surface area contributed by atoms with Gasteiger partial charge >= 0.3 is 12.1 Å². The number of carbonyl (C=O) groups excluding carboxylic acids is 4. The van der Waals surface area contributed by atoms with Crippen LogP contribution in [0.1, 0.15) is 13.3 Å². The molecule has 1 aliphatic heterocycles. The van der Waals surface area contributed by atoms with Gasteiger partial charge in [-0.05, 0) is 25.1 Å². The number of nitrogens with one attached hydrogen (secondary N) is 1. The first-order chi connectivity index (χ1) is 12.8. The molecule has 0 bridgehead atoms. The van der Waals surface area contributed by atoms with Gasteiger partial charge in [-0.3, -0.25) is 19.7 Å². The monoisotopic (exact) mass is 398 g/mol. The van der Waals surface area contributed by atoms with Crippen molar-refractivity contribution >= 4 is 41.2 Å². The van der Waals surface area contributed by atoms with Crippen LogP contribution >= 0.6 is 11.6 Å². The maximum Gasteiger partial charge on any atom is 0.413 e. The number of nitrogens with zero attached hydrogens (tertiary/aromatic N) is 1. The van der Waals surface area contributed by atoms with Gasteiger partial charge in [0.1, 0.15) is 5.75 Å². The van der Waals surface area contributed by atoms with Crippen LogP contribution in [0.4, 0.5) is 10.5 Å². The fourth-order valence-electron chi connectivity index (χ4n) is 2.55. The quantitative estimate of drug-likeness (QED) is 0.748. The Bertz CT molecular complexity index is 768. The number of hydrogen-bond acceptors (Lipinski definition) is 7. The highest BCUT2D eigenvalue weighted by molar-refractivity contribution is 6.31. The summed E-state index contributed by atoms with van der Waals surface area (Å²) in [4.78, 5) is 48.8. The van der Waals surface area contributed by atoms with Crippen molar-refractivity contribution in [1.82, 2.24) is 5.32 Å². The van der Waals surface area contributed by atoms with Gasteiger partial charge in [0.2, 0.25) is 5.91 Å². The van der Waals surface area contributed by atoms with E-state index in [9.17, 15) is 19.2 Å². The molecule has 10 heteroatoms. The third-order valence-electron chi connectivity index (χ3n) is 3.96. The lowest BCUT2D eigenvalue weighted by molar-refractivity contribution is -0.158. The number of carbonyl (C=O) groups is 4. The molecule has 2 rings (SSSR count). The molecule has 0 spiro atoms. The second kappa shape index (κ2) is 8.72. The molecule has 9 nitrogen and oxygen atoms in total. The van der Waals surface area contributed by atoms with Crippen LogP contribution in [0.15, 0.2) is 18.2 Å². The van der Waals surface area contributed by atoms with Crippen molar-refractivity contribution in [1.29, 1.82) is 0 Å². The summed E-state index contributed by atoms with van der Waals surface area (Å²) in [5, 5.41) is 2.32. The Morgan fingerprint density at radius 3 is 2.63 bits per heavy atom. The molecule has 1 saturated heterocycles. The van der Waals surface area contributed by atoms with E-state index in [0.29, 0.717) is 16.5 Å². The third-order valence-corrected chi connectivity index (χ3v) is 4.20. The van der Waals surface area contributed by atoms with Crippen LogP contribution in [-0.4, -0.2) is 50.7 Å². The van der Waals surface area contributed by atoms with Crippen molar-refractivity contribution in [3.05, 3.63) is 23.2 Å². The first kappa shape index (κ1) is 20.5. The Balaban J connectivity index is 2.04. The number of methoxy groups -OCH3 is 2. The van der Waals surface area contributed by atoms with E-state index in [1.54, 1.807) is 18.2 Å². The summed E-state index contributed by atoms with van der Waals surface area (Å²) in [5.74, 6) is -2.18. The molecule has 0 aromatic heterocycles. The van der Waals surface area contributed by atoms with Crippen LogP contribution < -0.4 is 15.0 Å². The number of hydrogen-bond donors (Lipinski definition) is 1. The minimum atomic E-state index is -1.22. The van der Waals surface area contributed by atoms with E-state index in [2.05, 4.69) is 4.74 Å². The molecule has 1 aromatic carbocycles. The van der Waals surface area contributed by atoms with Gasteiger partial charge in [0, 0.05) is 18.0 Å². The summed E-state index contributed by atoms with van der Waals surface area (Å²) >= 11 is 5.99. The van der Waals surface area contributed by atoms with Crippen molar-refractivity contribution in [2.75, 3.05) is 25.7 Å². The van der Waals surface area contributed by atoms with Gasteiger partial charge in [0.15, 0.2) is 6.10 Å². The first-order valence-electron chi connectivity index (χ1n) is 8.00. The molecular weight excluding hydrogens is 380 g/mol. The smallest absolute Gasteiger partial charge is 0.413 e. The number of halogens is 1. The van der Waals surface area contributed by atoms with Crippen LogP contribution in [0, 0.1) is 5.92 Å². The zero-order valence-electron chi connectivity index (χ0n) is 15.0. The Hall–Kier alpha value is -2.81. The molecule has 1 N–H and O–H groups in total. The predicted molar refractivity (Wildman–Crippen MR) is 94.6 cm³/mol. The van der Waals surface area contributed by atoms with Crippen LogP contribution in [0.5, 0.6) is 5.75 Å². The fourth-order valence-corrected chi connectivity index (χ4v) is 2.72. The molecule has 1 heterocycles. The van der Waals surface area contributed by atoms with Crippen LogP contribution in [0.3, 0.4) is 0 Å². The summed E-state index contributed by atoms with van der Waals surface area (Å²) in [6, 6.07) is 4.81. The van der Waals surface area contributed by atoms with Crippen molar-refractivity contribution in [3.8, 4) is 5.75 Å². The topological polar surface area (TPSA) is 111 Å². The minimum Gasteiger partial charge on any atom is -0.495 e. The molecule has 0 unspecified atom stereocenters. The largest absolute Gasteiger partial charge is 0.495 e. The maximum atomic E-state index is 12.4. The number of rotatable bonds is 5. The lowest BCUT2D eigenvalue weighted by atomic mass is 10.1. The van der Waals surface area contributed by atoms with E-state index in [4.69, 9.17) is 21.1 Å². The molecular formula is C17H19ClN2O7. The second-order valence-electron chi connectivity index (χ2n) is 5.78. The number of amides is 3. The van der Waals surface area contributed by atoms with E-state index >= 15 is 0 Å². The summed E-state index contributed by atoms with van der Waals surface area (Å²) in [7, 11) is 2.56. The van der Waals surface area contributed by atoms with Crippen molar-refractivity contribution in [2.24, 2.45) is 5.92 Å². The molecule has 1 aromatic rings. The van der Waals surface area contributed by atoms with E-state index in [-0.39, 0.29) is 18.9 Å². The van der Waals surface area contributed by atoms with Gasteiger partial charge in [-0.1, -0.05) is 11.6 Å². The van der Waals surface area contributed by atoms with Gasteiger partial charge in [-0.15, -0.1) is 0 Å². The van der Waals surface area contributed by atoms with Crippen molar-refractivity contribution in [3.63, 3.8) is 0 Å². The van der Waals surface area contributed by atoms with Gasteiger partial charge in [-0.25, -0.2) is 4.79 Å². The van der Waals surface area contributed by atoms with Crippen molar-refractivity contribution < 1.29 is 33.4 Å². The zero-order valence-corrected chi connectivity index (χ0v) is 15.7. The summed E-state index contributed by atoms with van der Waals surface area (Å²) in [5.41, 5.74) is 0.446.